The molecule has 2 aromatic rings. The molecule has 0 unspecified atom stereocenters. The summed E-state index contributed by atoms with van der Waals surface area (Å²) in [4.78, 5) is 29.5. The summed E-state index contributed by atoms with van der Waals surface area (Å²) in [7, 11) is 0. The standard InChI is InChI=1S/C20H25N3O2/c1-13-12-23(20(25)14-6-7-14)9-8-17(13)21-11-16-10-15-4-2-3-5-18(15)22-19(16)24/h2-5,10,13-14,17,21H,6-9,11-12H2,1H3,(H,22,24)/t13-,17+/m1/s1. The van der Waals surface area contributed by atoms with Crippen molar-refractivity contribution in [1.82, 2.24) is 15.2 Å². The van der Waals surface area contributed by atoms with Crippen molar-refractivity contribution in [2.45, 2.75) is 38.8 Å². The SMILES string of the molecule is C[C@@H]1CN(C(=O)C2CC2)CC[C@@H]1NCc1cc2ccccc2[nH]c1=O. The van der Waals surface area contributed by atoms with Crippen LogP contribution in [0, 0.1) is 11.8 Å². The van der Waals surface area contributed by atoms with Crippen LogP contribution in [0.4, 0.5) is 0 Å². The second kappa shape index (κ2) is 6.64. The fourth-order valence-corrected chi connectivity index (χ4v) is 3.80. The Balaban J connectivity index is 1.39. The van der Waals surface area contributed by atoms with Crippen LogP contribution in [0.1, 0.15) is 31.7 Å². The third-order valence-electron chi connectivity index (χ3n) is 5.53. The molecule has 132 valence electrons. The molecule has 2 atom stereocenters. The molecule has 1 aliphatic heterocycles. The third-order valence-corrected chi connectivity index (χ3v) is 5.53. The molecular formula is C20H25N3O2. The number of H-pyrrole nitrogens is 1. The van der Waals surface area contributed by atoms with Gasteiger partial charge in [0.1, 0.15) is 0 Å². The van der Waals surface area contributed by atoms with Crippen molar-refractivity contribution in [2.24, 2.45) is 11.8 Å². The Kier molecular flexibility index (Phi) is 4.34. The lowest BCUT2D eigenvalue weighted by atomic mass is 9.93. The zero-order valence-electron chi connectivity index (χ0n) is 14.6. The molecule has 2 N–H and O–H groups in total. The summed E-state index contributed by atoms with van der Waals surface area (Å²) in [5.41, 5.74) is 1.61. The van der Waals surface area contributed by atoms with E-state index >= 15 is 0 Å². The number of fused-ring (bicyclic) bond motifs is 1. The summed E-state index contributed by atoms with van der Waals surface area (Å²) in [5.74, 6) is 1.04. The van der Waals surface area contributed by atoms with E-state index in [1.807, 2.05) is 35.2 Å². The van der Waals surface area contributed by atoms with Crippen LogP contribution in [0.2, 0.25) is 0 Å². The molecule has 2 heterocycles. The predicted molar refractivity (Wildman–Crippen MR) is 98.3 cm³/mol. The maximum absolute atomic E-state index is 12.3. The van der Waals surface area contributed by atoms with E-state index in [1.54, 1.807) is 0 Å². The summed E-state index contributed by atoms with van der Waals surface area (Å²) < 4.78 is 0. The molecule has 1 aromatic carbocycles. The van der Waals surface area contributed by atoms with Crippen LogP contribution in [0.25, 0.3) is 10.9 Å². The van der Waals surface area contributed by atoms with Crippen LogP contribution >= 0.6 is 0 Å². The fraction of sp³-hybridized carbons (Fsp3) is 0.500. The van der Waals surface area contributed by atoms with Gasteiger partial charge in [0, 0.05) is 42.7 Å². The molecule has 5 nitrogen and oxygen atoms in total. The molecule has 5 heteroatoms. The first-order chi connectivity index (χ1) is 12.1. The van der Waals surface area contributed by atoms with Gasteiger partial charge in [-0.25, -0.2) is 0 Å². The van der Waals surface area contributed by atoms with Crippen molar-refractivity contribution < 1.29 is 4.79 Å². The van der Waals surface area contributed by atoms with Crippen molar-refractivity contribution in [2.75, 3.05) is 13.1 Å². The van der Waals surface area contributed by atoms with Gasteiger partial charge in [0.05, 0.1) is 0 Å². The first kappa shape index (κ1) is 16.3. The second-order valence-corrected chi connectivity index (χ2v) is 7.52. The number of hydrogen-bond acceptors (Lipinski definition) is 3. The highest BCUT2D eigenvalue weighted by atomic mass is 16.2. The average Bonchev–Trinajstić information content (AvgIpc) is 3.45. The fourth-order valence-electron chi connectivity index (χ4n) is 3.80. The van der Waals surface area contributed by atoms with Crippen LogP contribution in [-0.4, -0.2) is 34.9 Å². The second-order valence-electron chi connectivity index (χ2n) is 7.52. The van der Waals surface area contributed by atoms with Crippen molar-refractivity contribution >= 4 is 16.8 Å². The lowest BCUT2D eigenvalue weighted by molar-refractivity contribution is -0.134. The van der Waals surface area contributed by atoms with Crippen LogP contribution in [0.3, 0.4) is 0 Å². The Bertz CT molecular complexity index is 840. The van der Waals surface area contributed by atoms with E-state index in [0.717, 1.165) is 48.8 Å². The molecule has 0 radical (unpaired) electrons. The summed E-state index contributed by atoms with van der Waals surface area (Å²) in [5, 5.41) is 4.59. The van der Waals surface area contributed by atoms with Crippen LogP contribution < -0.4 is 10.9 Å². The Morgan fingerprint density at radius 1 is 1.28 bits per heavy atom. The zero-order valence-corrected chi connectivity index (χ0v) is 14.6. The van der Waals surface area contributed by atoms with Crippen LogP contribution in [-0.2, 0) is 11.3 Å². The number of rotatable bonds is 4. The van der Waals surface area contributed by atoms with E-state index in [-0.39, 0.29) is 5.56 Å². The highest BCUT2D eigenvalue weighted by molar-refractivity contribution is 5.81. The minimum absolute atomic E-state index is 0.0276. The highest BCUT2D eigenvalue weighted by Crippen LogP contribution is 2.32. The number of hydrogen-bond donors (Lipinski definition) is 2. The maximum atomic E-state index is 12.3. The number of amides is 1. The van der Waals surface area contributed by atoms with E-state index in [1.165, 1.54) is 0 Å². The van der Waals surface area contributed by atoms with Gasteiger partial charge < -0.3 is 15.2 Å². The van der Waals surface area contributed by atoms with Gasteiger partial charge in [0.25, 0.3) is 5.56 Å². The minimum Gasteiger partial charge on any atom is -0.342 e. The topological polar surface area (TPSA) is 65.2 Å². The number of carbonyl (C=O) groups is 1. The number of nitrogens with zero attached hydrogens (tertiary/aromatic N) is 1. The first-order valence-electron chi connectivity index (χ1n) is 9.25. The van der Waals surface area contributed by atoms with E-state index in [4.69, 9.17) is 0 Å². The Hall–Kier alpha value is -2.14. The third kappa shape index (κ3) is 3.47. The van der Waals surface area contributed by atoms with Gasteiger partial charge in [-0.2, -0.15) is 0 Å². The molecule has 25 heavy (non-hydrogen) atoms. The maximum Gasteiger partial charge on any atom is 0.252 e. The van der Waals surface area contributed by atoms with Gasteiger partial charge >= 0.3 is 0 Å². The summed E-state index contributed by atoms with van der Waals surface area (Å²) in [6.45, 7) is 4.40. The molecule has 1 amide bonds. The van der Waals surface area contributed by atoms with E-state index in [0.29, 0.717) is 30.3 Å². The number of aromatic nitrogens is 1. The molecule has 1 saturated heterocycles. The van der Waals surface area contributed by atoms with Crippen LogP contribution in [0.5, 0.6) is 0 Å². The van der Waals surface area contributed by atoms with Crippen molar-refractivity contribution in [3.8, 4) is 0 Å². The molecular weight excluding hydrogens is 314 g/mol. The van der Waals surface area contributed by atoms with Crippen molar-refractivity contribution in [1.29, 1.82) is 0 Å². The smallest absolute Gasteiger partial charge is 0.252 e. The number of benzene rings is 1. The predicted octanol–water partition coefficient (Wildman–Crippen LogP) is 2.26. The number of likely N-dealkylation sites (tertiary alicyclic amines) is 1. The number of aromatic amines is 1. The van der Waals surface area contributed by atoms with E-state index < -0.39 is 0 Å². The van der Waals surface area contributed by atoms with Gasteiger partial charge in [-0.15, -0.1) is 0 Å². The van der Waals surface area contributed by atoms with Crippen molar-refractivity contribution in [3.05, 3.63) is 46.2 Å². The number of para-hydroxylation sites is 1. The van der Waals surface area contributed by atoms with Gasteiger partial charge in [0.2, 0.25) is 5.91 Å². The highest BCUT2D eigenvalue weighted by Gasteiger charge is 2.36. The Morgan fingerprint density at radius 3 is 2.84 bits per heavy atom. The molecule has 2 aliphatic rings. The molecule has 0 bridgehead atoms. The van der Waals surface area contributed by atoms with Gasteiger partial charge in [0.15, 0.2) is 0 Å². The summed E-state index contributed by atoms with van der Waals surface area (Å²) in [6, 6.07) is 10.1. The molecule has 1 aromatic heterocycles. The van der Waals surface area contributed by atoms with Gasteiger partial charge in [-0.3, -0.25) is 9.59 Å². The van der Waals surface area contributed by atoms with E-state index in [9.17, 15) is 9.59 Å². The molecule has 1 aliphatic carbocycles. The number of pyridine rings is 1. The van der Waals surface area contributed by atoms with Crippen molar-refractivity contribution in [3.63, 3.8) is 0 Å². The first-order valence-corrected chi connectivity index (χ1v) is 9.25. The lowest BCUT2D eigenvalue weighted by Crippen LogP contribution is -2.50. The normalized spacial score (nSPS) is 23.8. The molecule has 2 fully saturated rings. The van der Waals surface area contributed by atoms with E-state index in [2.05, 4.69) is 17.2 Å². The minimum atomic E-state index is -0.0276. The number of piperidine rings is 1. The Morgan fingerprint density at radius 2 is 2.08 bits per heavy atom. The van der Waals surface area contributed by atoms with Gasteiger partial charge in [-0.1, -0.05) is 25.1 Å². The zero-order chi connectivity index (χ0) is 17.4. The quantitative estimate of drug-likeness (QED) is 0.898. The summed E-state index contributed by atoms with van der Waals surface area (Å²) in [6.07, 6.45) is 3.08. The molecule has 1 saturated carbocycles. The Labute approximate surface area is 147 Å². The van der Waals surface area contributed by atoms with Crippen LogP contribution in [0.15, 0.2) is 35.1 Å². The summed E-state index contributed by atoms with van der Waals surface area (Å²) >= 11 is 0. The largest absolute Gasteiger partial charge is 0.342 e. The molecule has 4 rings (SSSR count). The number of carbonyl (C=O) groups excluding carboxylic acids is 1. The molecule has 0 spiro atoms. The lowest BCUT2D eigenvalue weighted by Gasteiger charge is -2.37. The number of nitrogens with one attached hydrogen (secondary N) is 2. The monoisotopic (exact) mass is 339 g/mol. The van der Waals surface area contributed by atoms with Gasteiger partial charge in [-0.05, 0) is 42.7 Å². The average molecular weight is 339 g/mol.